The highest BCUT2D eigenvalue weighted by molar-refractivity contribution is 7.89. The molecular weight excluding hydrogens is 529 g/mol. The molecule has 1 amide bonds. The number of ether oxygens (including phenoxy) is 1. The fraction of sp³-hybridized carbons (Fsp3) is 0.250. The van der Waals surface area contributed by atoms with Crippen LogP contribution in [0.2, 0.25) is 5.02 Å². The summed E-state index contributed by atoms with van der Waals surface area (Å²) in [6.45, 7) is 0.219. The van der Waals surface area contributed by atoms with Crippen LogP contribution in [0.25, 0.3) is 10.2 Å². The number of halogens is 2. The van der Waals surface area contributed by atoms with Crippen molar-refractivity contribution >= 4 is 54.2 Å². The molecule has 2 aromatic carbocycles. The van der Waals surface area contributed by atoms with Crippen molar-refractivity contribution in [3.63, 3.8) is 0 Å². The van der Waals surface area contributed by atoms with Gasteiger partial charge in [0.05, 0.1) is 34.5 Å². The predicted molar refractivity (Wildman–Crippen MR) is 134 cm³/mol. The smallest absolute Gasteiger partial charge is 0.247 e. The van der Waals surface area contributed by atoms with Crippen molar-refractivity contribution in [1.29, 1.82) is 0 Å². The number of hydrogen-bond acceptors (Lipinski definition) is 7. The van der Waals surface area contributed by atoms with Crippen molar-refractivity contribution in [1.82, 2.24) is 9.29 Å². The summed E-state index contributed by atoms with van der Waals surface area (Å²) >= 11 is 7.60. The van der Waals surface area contributed by atoms with Crippen molar-refractivity contribution < 1.29 is 26.8 Å². The van der Waals surface area contributed by atoms with Crippen LogP contribution in [0.5, 0.6) is 5.75 Å². The van der Waals surface area contributed by atoms with Crippen molar-refractivity contribution in [3.8, 4) is 5.75 Å². The fourth-order valence-electron chi connectivity index (χ4n) is 4.22. The highest BCUT2D eigenvalue weighted by Crippen LogP contribution is 2.40. The Balaban J connectivity index is 1.54. The molecule has 0 spiro atoms. The maximum atomic E-state index is 14.0. The molecule has 1 aliphatic rings. The first-order valence-corrected chi connectivity index (χ1v) is 13.7. The van der Waals surface area contributed by atoms with E-state index in [0.717, 1.165) is 12.1 Å². The normalized spacial score (nSPS) is 16.5. The number of methoxy groups -OCH3 is 1. The van der Waals surface area contributed by atoms with Crippen molar-refractivity contribution in [2.45, 2.75) is 30.3 Å². The minimum atomic E-state index is -4.03. The van der Waals surface area contributed by atoms with E-state index in [1.54, 1.807) is 24.3 Å². The molecule has 5 rings (SSSR count). The Labute approximate surface area is 215 Å². The van der Waals surface area contributed by atoms with E-state index >= 15 is 0 Å². The quantitative estimate of drug-likeness (QED) is 0.319. The van der Waals surface area contributed by atoms with E-state index in [1.807, 2.05) is 0 Å². The Morgan fingerprint density at radius 1 is 1.28 bits per heavy atom. The lowest BCUT2D eigenvalue weighted by molar-refractivity contribution is -0.121. The zero-order chi connectivity index (χ0) is 25.4. The Bertz CT molecular complexity index is 1510. The number of rotatable bonds is 7. The lowest BCUT2D eigenvalue weighted by Gasteiger charge is -2.28. The molecule has 8 nitrogen and oxygen atoms in total. The van der Waals surface area contributed by atoms with Gasteiger partial charge >= 0.3 is 0 Å². The first-order chi connectivity index (χ1) is 17.3. The van der Waals surface area contributed by atoms with Gasteiger partial charge in [-0.3, -0.25) is 9.69 Å². The van der Waals surface area contributed by atoms with Gasteiger partial charge in [0.2, 0.25) is 15.9 Å². The van der Waals surface area contributed by atoms with E-state index in [1.165, 1.54) is 46.0 Å². The van der Waals surface area contributed by atoms with Gasteiger partial charge in [0.25, 0.3) is 0 Å². The van der Waals surface area contributed by atoms with Gasteiger partial charge in [-0.15, -0.1) is 0 Å². The number of anilines is 1. The maximum absolute atomic E-state index is 14.0. The van der Waals surface area contributed by atoms with Crippen LogP contribution in [-0.2, 0) is 21.4 Å². The SMILES string of the molecule is COc1ccc(Cl)c2sc(N(Cc3ccco3)C(=O)C3CCCN3S(=O)(=O)c3ccc(F)cc3)nc12. The average Bonchev–Trinajstić information content (AvgIpc) is 3.64. The molecule has 1 fully saturated rings. The number of aromatic nitrogens is 1. The molecule has 0 radical (unpaired) electrons. The Hall–Kier alpha value is -2.99. The molecule has 12 heteroatoms. The number of furan rings is 1. The van der Waals surface area contributed by atoms with Gasteiger partial charge in [-0.05, 0) is 61.4 Å². The molecule has 0 saturated carbocycles. The number of sulfonamides is 1. The third-order valence-electron chi connectivity index (χ3n) is 5.97. The summed E-state index contributed by atoms with van der Waals surface area (Å²) in [5, 5.41) is 0.796. The van der Waals surface area contributed by atoms with E-state index < -0.39 is 27.8 Å². The number of hydrogen-bond donors (Lipinski definition) is 0. The van der Waals surface area contributed by atoms with Gasteiger partial charge < -0.3 is 9.15 Å². The summed E-state index contributed by atoms with van der Waals surface area (Å²) in [6.07, 6.45) is 2.34. The Morgan fingerprint density at radius 2 is 2.06 bits per heavy atom. The summed E-state index contributed by atoms with van der Waals surface area (Å²) in [5.74, 6) is 0.0246. The van der Waals surface area contributed by atoms with E-state index in [0.29, 0.717) is 44.7 Å². The molecule has 1 aliphatic heterocycles. The summed E-state index contributed by atoms with van der Waals surface area (Å²) in [4.78, 5) is 19.9. The van der Waals surface area contributed by atoms with Gasteiger partial charge in [-0.2, -0.15) is 4.31 Å². The first kappa shape index (κ1) is 24.7. The molecule has 4 aromatic rings. The second kappa shape index (κ2) is 9.81. The summed E-state index contributed by atoms with van der Waals surface area (Å²) in [5.41, 5.74) is 0.504. The number of fused-ring (bicyclic) bond motifs is 1. The maximum Gasteiger partial charge on any atom is 0.247 e. The zero-order valence-corrected chi connectivity index (χ0v) is 21.4. The van der Waals surface area contributed by atoms with Crippen LogP contribution in [0.15, 0.2) is 64.1 Å². The summed E-state index contributed by atoms with van der Waals surface area (Å²) in [7, 11) is -2.51. The van der Waals surface area contributed by atoms with Gasteiger partial charge in [-0.25, -0.2) is 17.8 Å². The minimum Gasteiger partial charge on any atom is -0.494 e. The van der Waals surface area contributed by atoms with Crippen molar-refractivity contribution in [3.05, 3.63) is 71.4 Å². The standard InChI is InChI=1S/C24H21ClFN3O5S2/c1-33-20-11-10-18(25)22-21(20)27-24(35-22)28(14-16-4-3-13-34-16)23(30)19-5-2-12-29(19)36(31,32)17-8-6-15(26)7-9-17/h3-4,6-11,13,19H,2,5,12,14H2,1H3. The summed E-state index contributed by atoms with van der Waals surface area (Å²) in [6, 6.07) is 10.4. The summed E-state index contributed by atoms with van der Waals surface area (Å²) < 4.78 is 52.9. The molecule has 0 N–H and O–H groups in total. The monoisotopic (exact) mass is 549 g/mol. The lowest BCUT2D eigenvalue weighted by Crippen LogP contribution is -2.47. The van der Waals surface area contributed by atoms with Gasteiger partial charge in [0.1, 0.15) is 28.9 Å². The molecule has 1 atom stereocenters. The largest absolute Gasteiger partial charge is 0.494 e. The zero-order valence-electron chi connectivity index (χ0n) is 19.1. The molecule has 0 aliphatic carbocycles. The number of amides is 1. The van der Waals surface area contributed by atoms with Crippen LogP contribution in [0, 0.1) is 5.82 Å². The average molecular weight is 550 g/mol. The number of carbonyl (C=O) groups is 1. The molecule has 1 saturated heterocycles. The van der Waals surface area contributed by atoms with Crippen LogP contribution in [-0.4, -0.2) is 43.3 Å². The second-order valence-corrected chi connectivity index (χ2v) is 11.4. The minimum absolute atomic E-state index is 0.0481. The topological polar surface area (TPSA) is 93.0 Å². The third-order valence-corrected chi connectivity index (χ3v) is 9.43. The predicted octanol–water partition coefficient (Wildman–Crippen LogP) is 5.08. The Morgan fingerprint density at radius 3 is 2.75 bits per heavy atom. The van der Waals surface area contributed by atoms with E-state index in [9.17, 15) is 17.6 Å². The number of carbonyl (C=O) groups excluding carboxylic acids is 1. The van der Waals surface area contributed by atoms with Crippen LogP contribution in [0.3, 0.4) is 0 Å². The van der Waals surface area contributed by atoms with Crippen molar-refractivity contribution in [2.75, 3.05) is 18.6 Å². The van der Waals surface area contributed by atoms with Crippen LogP contribution in [0.4, 0.5) is 9.52 Å². The Kier molecular flexibility index (Phi) is 6.73. The van der Waals surface area contributed by atoms with Crippen LogP contribution in [0.1, 0.15) is 18.6 Å². The highest BCUT2D eigenvalue weighted by atomic mass is 35.5. The first-order valence-electron chi connectivity index (χ1n) is 11.0. The van der Waals surface area contributed by atoms with Crippen LogP contribution >= 0.6 is 22.9 Å². The molecule has 1 unspecified atom stereocenters. The van der Waals surface area contributed by atoms with Crippen molar-refractivity contribution in [2.24, 2.45) is 0 Å². The van der Waals surface area contributed by atoms with E-state index in [2.05, 4.69) is 4.98 Å². The highest BCUT2D eigenvalue weighted by Gasteiger charge is 2.42. The van der Waals surface area contributed by atoms with Gasteiger partial charge in [-0.1, -0.05) is 22.9 Å². The van der Waals surface area contributed by atoms with Gasteiger partial charge in [0.15, 0.2) is 5.13 Å². The van der Waals surface area contributed by atoms with Crippen LogP contribution < -0.4 is 9.64 Å². The van der Waals surface area contributed by atoms with E-state index in [4.69, 9.17) is 20.8 Å². The lowest BCUT2D eigenvalue weighted by atomic mass is 10.2. The molecule has 2 aromatic heterocycles. The second-order valence-electron chi connectivity index (χ2n) is 8.16. The fourth-order valence-corrected chi connectivity index (χ4v) is 7.13. The molecular formula is C24H21ClFN3O5S2. The number of nitrogens with zero attached hydrogens (tertiary/aromatic N) is 3. The molecule has 0 bridgehead atoms. The number of thiazole rings is 1. The number of benzene rings is 2. The van der Waals surface area contributed by atoms with E-state index in [-0.39, 0.29) is 18.0 Å². The molecule has 36 heavy (non-hydrogen) atoms. The third kappa shape index (κ3) is 4.47. The van der Waals surface area contributed by atoms with Gasteiger partial charge in [0, 0.05) is 6.54 Å². The molecule has 188 valence electrons. The molecule has 3 heterocycles.